The minimum Gasteiger partial charge on any atom is -0.387 e. The quantitative estimate of drug-likeness (QED) is 0.298. The van der Waals surface area contributed by atoms with Crippen molar-refractivity contribution < 1.29 is 28.8 Å². The predicted molar refractivity (Wildman–Crippen MR) is 183 cm³/mol. The van der Waals surface area contributed by atoms with E-state index in [0.717, 1.165) is 24.1 Å². The second kappa shape index (κ2) is 13.5. The normalized spacial score (nSPS) is 25.8. The highest BCUT2D eigenvalue weighted by atomic mass is 35.5. The SMILES string of the molecule is CCC(=O)C(=O)[C@@H](CC(=O)[C@@H]1C[C@]2(CC(c3cccc(Cl)c3)=NO2)CN1C(=O)[C@@H](NC(=O)C1CC1c1ccn(C)n1)C(C)(C)C)CC1CC1. The third-order valence-electron chi connectivity index (χ3n) is 10.4. The number of aromatic nitrogens is 2. The van der Waals surface area contributed by atoms with Crippen molar-refractivity contribution in [2.45, 2.75) is 103 Å². The average Bonchev–Trinajstić information content (AvgIpc) is 3.93. The van der Waals surface area contributed by atoms with Gasteiger partial charge in [-0.3, -0.25) is 28.7 Å². The number of likely N-dealkylation sites (tertiary alicyclic amines) is 1. The molecule has 2 aliphatic carbocycles. The molecule has 3 fully saturated rings. The van der Waals surface area contributed by atoms with Gasteiger partial charge in [0.05, 0.1) is 24.0 Å². The van der Waals surface area contributed by atoms with E-state index >= 15 is 0 Å². The van der Waals surface area contributed by atoms with Gasteiger partial charge in [-0.15, -0.1) is 0 Å². The van der Waals surface area contributed by atoms with Crippen molar-refractivity contribution in [1.29, 1.82) is 0 Å². The Balaban J connectivity index is 1.25. The van der Waals surface area contributed by atoms with Crippen LogP contribution in [0.25, 0.3) is 0 Å². The Morgan fingerprint density at radius 1 is 1.14 bits per heavy atom. The summed E-state index contributed by atoms with van der Waals surface area (Å²) < 4.78 is 1.71. The Hall–Kier alpha value is -3.86. The fourth-order valence-electron chi connectivity index (χ4n) is 7.33. The van der Waals surface area contributed by atoms with Crippen molar-refractivity contribution in [1.82, 2.24) is 20.0 Å². The first-order valence-electron chi connectivity index (χ1n) is 17.4. The molecule has 12 heteroatoms. The van der Waals surface area contributed by atoms with Crippen LogP contribution in [0.4, 0.5) is 0 Å². The summed E-state index contributed by atoms with van der Waals surface area (Å²) in [5, 5.41) is 12.4. The van der Waals surface area contributed by atoms with E-state index in [0.29, 0.717) is 35.9 Å². The van der Waals surface area contributed by atoms with Crippen LogP contribution in [0.3, 0.4) is 0 Å². The third-order valence-corrected chi connectivity index (χ3v) is 10.7. The van der Waals surface area contributed by atoms with Crippen LogP contribution in [0.1, 0.15) is 96.2 Å². The number of Topliss-reactive ketones (excluding diaryl/α,β-unsaturated/α-hetero) is 3. The molecule has 2 saturated carbocycles. The summed E-state index contributed by atoms with van der Waals surface area (Å²) in [7, 11) is 1.83. The lowest BCUT2D eigenvalue weighted by atomic mass is 9.84. The summed E-state index contributed by atoms with van der Waals surface area (Å²) in [6.45, 7) is 7.37. The number of nitrogens with one attached hydrogen (secondary N) is 1. The molecule has 1 N–H and O–H groups in total. The van der Waals surface area contributed by atoms with Gasteiger partial charge in [0.25, 0.3) is 0 Å². The van der Waals surface area contributed by atoms with Gasteiger partial charge in [-0.2, -0.15) is 5.10 Å². The van der Waals surface area contributed by atoms with E-state index in [1.54, 1.807) is 23.7 Å². The maximum atomic E-state index is 14.7. The Morgan fingerprint density at radius 3 is 2.53 bits per heavy atom. The third kappa shape index (κ3) is 7.66. The monoisotopic (exact) mass is 691 g/mol. The first-order chi connectivity index (χ1) is 23.2. The Bertz CT molecular complexity index is 1690. The second-order valence-corrected chi connectivity index (χ2v) is 16.0. The van der Waals surface area contributed by atoms with E-state index in [-0.39, 0.29) is 55.2 Å². The molecular formula is C37H46ClN5O6. The molecule has 11 nitrogen and oxygen atoms in total. The van der Waals surface area contributed by atoms with Gasteiger partial charge in [0.2, 0.25) is 17.6 Å². The molecule has 1 aromatic carbocycles. The zero-order valence-corrected chi connectivity index (χ0v) is 29.7. The van der Waals surface area contributed by atoms with E-state index in [1.165, 1.54) is 4.90 Å². The molecule has 0 bridgehead atoms. The van der Waals surface area contributed by atoms with E-state index in [4.69, 9.17) is 16.4 Å². The minimum absolute atomic E-state index is 0.0120. The molecule has 6 rings (SSSR count). The molecule has 2 amide bonds. The number of nitrogens with zero attached hydrogens (tertiary/aromatic N) is 4. The van der Waals surface area contributed by atoms with Crippen molar-refractivity contribution >= 4 is 46.5 Å². The van der Waals surface area contributed by atoms with Gasteiger partial charge in [0, 0.05) is 67.3 Å². The summed E-state index contributed by atoms with van der Waals surface area (Å²) in [5.41, 5.74) is 0.627. The molecule has 6 atom stereocenters. The minimum atomic E-state index is -0.976. The average molecular weight is 692 g/mol. The summed E-state index contributed by atoms with van der Waals surface area (Å²) in [6.07, 6.45) is 5.40. The maximum Gasteiger partial charge on any atom is 0.246 e. The van der Waals surface area contributed by atoms with Crippen LogP contribution in [-0.4, -0.2) is 73.8 Å². The molecule has 4 aliphatic rings. The zero-order chi connectivity index (χ0) is 35.2. The predicted octanol–water partition coefficient (Wildman–Crippen LogP) is 4.80. The van der Waals surface area contributed by atoms with E-state index in [1.807, 2.05) is 52.2 Å². The van der Waals surface area contributed by atoms with E-state index < -0.39 is 40.6 Å². The van der Waals surface area contributed by atoms with Crippen LogP contribution in [0.5, 0.6) is 0 Å². The first kappa shape index (κ1) is 35.0. The second-order valence-electron chi connectivity index (χ2n) is 15.5. The molecule has 0 radical (unpaired) electrons. The zero-order valence-electron chi connectivity index (χ0n) is 28.9. The Labute approximate surface area is 292 Å². The number of amides is 2. The van der Waals surface area contributed by atoms with Crippen LogP contribution in [0, 0.1) is 23.2 Å². The number of aryl methyl sites for hydroxylation is 1. The largest absolute Gasteiger partial charge is 0.387 e. The van der Waals surface area contributed by atoms with Gasteiger partial charge < -0.3 is 15.1 Å². The number of ketones is 3. The van der Waals surface area contributed by atoms with Crippen molar-refractivity contribution in [3.63, 3.8) is 0 Å². The molecule has 2 unspecified atom stereocenters. The number of hydrogen-bond donors (Lipinski definition) is 1. The van der Waals surface area contributed by atoms with Crippen LogP contribution in [0.15, 0.2) is 41.7 Å². The number of oxime groups is 1. The lowest BCUT2D eigenvalue weighted by Gasteiger charge is -2.35. The fourth-order valence-corrected chi connectivity index (χ4v) is 7.52. The van der Waals surface area contributed by atoms with Gasteiger partial charge in [-0.25, -0.2) is 0 Å². The molecule has 1 saturated heterocycles. The van der Waals surface area contributed by atoms with Crippen LogP contribution in [0.2, 0.25) is 5.02 Å². The molecule has 1 spiro atoms. The smallest absolute Gasteiger partial charge is 0.246 e. The molecule has 49 heavy (non-hydrogen) atoms. The molecule has 3 heterocycles. The summed E-state index contributed by atoms with van der Waals surface area (Å²) >= 11 is 6.26. The molecule has 262 valence electrons. The van der Waals surface area contributed by atoms with Crippen molar-refractivity contribution in [3.05, 3.63) is 52.8 Å². The molecule has 2 aromatic rings. The lowest BCUT2D eigenvalue weighted by molar-refractivity contribution is -0.145. The first-order valence-corrected chi connectivity index (χ1v) is 17.8. The van der Waals surface area contributed by atoms with Gasteiger partial charge >= 0.3 is 0 Å². The van der Waals surface area contributed by atoms with Crippen LogP contribution >= 0.6 is 11.6 Å². The number of carbonyl (C=O) groups is 5. The number of rotatable bonds is 13. The molecular weight excluding hydrogens is 646 g/mol. The highest BCUT2D eigenvalue weighted by Gasteiger charge is 2.56. The Kier molecular flexibility index (Phi) is 9.61. The van der Waals surface area contributed by atoms with Gasteiger partial charge in [-0.1, -0.05) is 69.4 Å². The highest BCUT2D eigenvalue weighted by Crippen LogP contribution is 2.47. The van der Waals surface area contributed by atoms with Gasteiger partial charge in [0.1, 0.15) is 6.04 Å². The highest BCUT2D eigenvalue weighted by molar-refractivity contribution is 6.38. The standard InChI is InChI=1S/C37H46ClN5O6/c1-6-30(44)32(46)23(14-21-10-11-21)16-31(45)29-19-37(18-28(41-49-37)22-8-7-9-24(38)15-22)20-43(29)35(48)33(36(2,3)4)39-34(47)26-17-25(26)27-12-13-42(5)40-27/h7-9,12-13,15,21,23,25-26,29,33H,6,10-11,14,16-20H2,1-5H3,(H,39,47)/t23-,25?,26?,29+,33-,37-/m1/s1. The van der Waals surface area contributed by atoms with E-state index in [9.17, 15) is 24.0 Å². The number of halogens is 1. The topological polar surface area (TPSA) is 140 Å². The van der Waals surface area contributed by atoms with Crippen molar-refractivity contribution in [2.75, 3.05) is 6.54 Å². The number of hydrogen-bond acceptors (Lipinski definition) is 8. The van der Waals surface area contributed by atoms with Crippen LogP contribution in [-0.2, 0) is 35.9 Å². The van der Waals surface area contributed by atoms with E-state index in [2.05, 4.69) is 15.6 Å². The maximum absolute atomic E-state index is 14.7. The molecule has 1 aromatic heterocycles. The lowest BCUT2D eigenvalue weighted by Crippen LogP contribution is -2.57. The fraction of sp³-hybridized carbons (Fsp3) is 0.595. The van der Waals surface area contributed by atoms with Crippen molar-refractivity contribution in [2.24, 2.45) is 35.4 Å². The van der Waals surface area contributed by atoms with Gasteiger partial charge in [0.15, 0.2) is 17.2 Å². The summed E-state index contributed by atoms with van der Waals surface area (Å²) in [6, 6.07) is 7.32. The molecule has 2 aliphatic heterocycles. The van der Waals surface area contributed by atoms with Gasteiger partial charge in [-0.05, 0) is 42.4 Å². The van der Waals surface area contributed by atoms with Crippen molar-refractivity contribution in [3.8, 4) is 0 Å². The number of carbonyl (C=O) groups excluding carboxylic acids is 5. The van der Waals surface area contributed by atoms with Crippen LogP contribution < -0.4 is 5.32 Å². The Morgan fingerprint density at radius 2 is 1.90 bits per heavy atom. The summed E-state index contributed by atoms with van der Waals surface area (Å²) in [5.74, 6) is -2.60. The number of benzene rings is 1. The summed E-state index contributed by atoms with van der Waals surface area (Å²) in [4.78, 5) is 75.8.